The minimum Gasteiger partial charge on any atom is -0.496 e. The van der Waals surface area contributed by atoms with Gasteiger partial charge in [0.05, 0.1) is 12.5 Å². The van der Waals surface area contributed by atoms with Crippen LogP contribution in [0.5, 0.6) is 5.75 Å². The first-order chi connectivity index (χ1) is 8.44. The minimum atomic E-state index is -0.787. The Labute approximate surface area is 112 Å². The quantitative estimate of drug-likeness (QED) is 0.913. The van der Waals surface area contributed by atoms with Gasteiger partial charge in [0, 0.05) is 16.1 Å². The molecule has 4 heteroatoms. The van der Waals surface area contributed by atoms with E-state index in [0.29, 0.717) is 23.6 Å². The van der Waals surface area contributed by atoms with Gasteiger partial charge in [-0.1, -0.05) is 18.0 Å². The van der Waals surface area contributed by atoms with Crippen molar-refractivity contribution in [3.8, 4) is 5.75 Å². The number of aryl methyl sites for hydroxylation is 1. The van der Waals surface area contributed by atoms with E-state index in [4.69, 9.17) is 16.3 Å². The number of halogens is 1. The fourth-order valence-electron chi connectivity index (χ4n) is 2.80. The van der Waals surface area contributed by atoms with Gasteiger partial charge in [0.25, 0.3) is 0 Å². The number of benzene rings is 1. The van der Waals surface area contributed by atoms with Crippen molar-refractivity contribution < 1.29 is 14.6 Å². The molecule has 0 aliphatic heterocycles. The van der Waals surface area contributed by atoms with Gasteiger partial charge >= 0.3 is 5.97 Å². The predicted molar refractivity (Wildman–Crippen MR) is 70.6 cm³/mol. The zero-order valence-corrected chi connectivity index (χ0v) is 11.6. The Morgan fingerprint density at radius 2 is 2.06 bits per heavy atom. The number of ether oxygens (including phenoxy) is 1. The molecule has 0 radical (unpaired) electrons. The third-order valence-corrected chi connectivity index (χ3v) is 4.36. The maximum absolute atomic E-state index is 11.6. The smallest absolute Gasteiger partial charge is 0.314 e. The van der Waals surface area contributed by atoms with Gasteiger partial charge in [0.2, 0.25) is 0 Å². The molecule has 0 bridgehead atoms. The lowest BCUT2D eigenvalue weighted by atomic mass is 9.63. The van der Waals surface area contributed by atoms with Gasteiger partial charge < -0.3 is 9.84 Å². The highest BCUT2D eigenvalue weighted by atomic mass is 35.5. The second-order valence-electron chi connectivity index (χ2n) is 4.95. The molecule has 3 nitrogen and oxygen atoms in total. The average molecular weight is 269 g/mol. The molecule has 1 aromatic rings. The van der Waals surface area contributed by atoms with Crippen LogP contribution < -0.4 is 4.74 Å². The highest BCUT2D eigenvalue weighted by Gasteiger charge is 2.49. The van der Waals surface area contributed by atoms with E-state index in [0.717, 1.165) is 23.1 Å². The van der Waals surface area contributed by atoms with Crippen molar-refractivity contribution in [2.75, 3.05) is 7.11 Å². The topological polar surface area (TPSA) is 46.5 Å². The Morgan fingerprint density at radius 1 is 1.44 bits per heavy atom. The molecule has 0 amide bonds. The molecule has 1 aliphatic rings. The van der Waals surface area contributed by atoms with E-state index in [1.54, 1.807) is 7.11 Å². The lowest BCUT2D eigenvalue weighted by Gasteiger charge is -2.40. The first-order valence-corrected chi connectivity index (χ1v) is 6.39. The lowest BCUT2D eigenvalue weighted by molar-refractivity contribution is -0.147. The van der Waals surface area contributed by atoms with Crippen LogP contribution in [0, 0.1) is 13.8 Å². The van der Waals surface area contributed by atoms with Gasteiger partial charge in [-0.3, -0.25) is 4.79 Å². The molecular formula is C14H17ClO3. The fourth-order valence-corrected chi connectivity index (χ4v) is 3.05. The summed E-state index contributed by atoms with van der Waals surface area (Å²) in [5.41, 5.74) is 1.72. The first-order valence-electron chi connectivity index (χ1n) is 6.01. The van der Waals surface area contributed by atoms with E-state index < -0.39 is 11.4 Å². The molecule has 0 aromatic heterocycles. The lowest BCUT2D eigenvalue weighted by Crippen LogP contribution is -2.43. The first kappa shape index (κ1) is 13.2. The number of methoxy groups -OCH3 is 1. The van der Waals surface area contributed by atoms with Crippen molar-refractivity contribution in [1.82, 2.24) is 0 Å². The molecule has 1 aromatic carbocycles. The number of carbonyl (C=O) groups is 1. The van der Waals surface area contributed by atoms with E-state index in [1.165, 1.54) is 0 Å². The van der Waals surface area contributed by atoms with Crippen molar-refractivity contribution in [1.29, 1.82) is 0 Å². The molecule has 0 atom stereocenters. The number of aliphatic carboxylic acids is 1. The van der Waals surface area contributed by atoms with Crippen molar-refractivity contribution in [2.24, 2.45) is 0 Å². The molecule has 0 saturated heterocycles. The van der Waals surface area contributed by atoms with Crippen molar-refractivity contribution in [2.45, 2.75) is 38.5 Å². The number of hydrogen-bond acceptors (Lipinski definition) is 2. The summed E-state index contributed by atoms with van der Waals surface area (Å²) in [4.78, 5) is 11.6. The molecule has 0 unspecified atom stereocenters. The summed E-state index contributed by atoms with van der Waals surface area (Å²) in [7, 11) is 1.57. The third-order valence-electron chi connectivity index (χ3n) is 3.96. The van der Waals surface area contributed by atoms with E-state index in [2.05, 4.69) is 0 Å². The molecule has 18 heavy (non-hydrogen) atoms. The molecule has 1 fully saturated rings. The van der Waals surface area contributed by atoms with Crippen LogP contribution >= 0.6 is 11.6 Å². The van der Waals surface area contributed by atoms with Crippen LogP contribution in [0.2, 0.25) is 5.02 Å². The average Bonchev–Trinajstić information content (AvgIpc) is 2.23. The Hall–Kier alpha value is -1.22. The largest absolute Gasteiger partial charge is 0.496 e. The third kappa shape index (κ3) is 1.69. The second-order valence-corrected chi connectivity index (χ2v) is 5.36. The van der Waals surface area contributed by atoms with Gasteiger partial charge in [-0.25, -0.2) is 0 Å². The highest BCUT2D eigenvalue weighted by Crippen LogP contribution is 2.50. The van der Waals surface area contributed by atoms with E-state index >= 15 is 0 Å². The van der Waals surface area contributed by atoms with E-state index in [1.807, 2.05) is 19.9 Å². The summed E-state index contributed by atoms with van der Waals surface area (Å²) in [6, 6.07) is 1.83. The Balaban J connectivity index is 2.70. The van der Waals surface area contributed by atoms with Crippen molar-refractivity contribution in [3.63, 3.8) is 0 Å². The van der Waals surface area contributed by atoms with Crippen molar-refractivity contribution in [3.05, 3.63) is 27.8 Å². The van der Waals surface area contributed by atoms with Crippen LogP contribution in [0.15, 0.2) is 6.07 Å². The van der Waals surface area contributed by atoms with Crippen LogP contribution in [0.25, 0.3) is 0 Å². The summed E-state index contributed by atoms with van der Waals surface area (Å²) < 4.78 is 5.42. The van der Waals surface area contributed by atoms with Gasteiger partial charge in [-0.15, -0.1) is 0 Å². The standard InChI is InChI=1S/C14H17ClO3/c1-8-7-10(15)9(2)12(18-3)11(8)14(13(16)17)5-4-6-14/h7H,4-6H2,1-3H3,(H,16,17). The van der Waals surface area contributed by atoms with Crippen LogP contribution in [0.3, 0.4) is 0 Å². The number of carboxylic acids is 1. The molecule has 1 N–H and O–H groups in total. The van der Waals surface area contributed by atoms with Crippen LogP contribution in [0.4, 0.5) is 0 Å². The van der Waals surface area contributed by atoms with Crippen molar-refractivity contribution >= 4 is 17.6 Å². The summed E-state index contributed by atoms with van der Waals surface area (Å²) in [5.74, 6) is -0.140. The number of rotatable bonds is 3. The van der Waals surface area contributed by atoms with Gasteiger partial charge in [-0.2, -0.15) is 0 Å². The van der Waals surface area contributed by atoms with E-state index in [-0.39, 0.29) is 0 Å². The summed E-state index contributed by atoms with van der Waals surface area (Å²) >= 11 is 6.13. The zero-order chi connectivity index (χ0) is 13.5. The maximum Gasteiger partial charge on any atom is 0.314 e. The maximum atomic E-state index is 11.6. The van der Waals surface area contributed by atoms with E-state index in [9.17, 15) is 9.90 Å². The van der Waals surface area contributed by atoms with Crippen LogP contribution in [-0.2, 0) is 10.2 Å². The highest BCUT2D eigenvalue weighted by molar-refractivity contribution is 6.31. The molecule has 0 heterocycles. The summed E-state index contributed by atoms with van der Waals surface area (Å²) in [5, 5.41) is 10.2. The summed E-state index contributed by atoms with van der Waals surface area (Å²) in [6.07, 6.45) is 2.28. The normalized spacial score (nSPS) is 17.1. The zero-order valence-electron chi connectivity index (χ0n) is 10.8. The molecule has 0 spiro atoms. The molecule has 2 rings (SSSR count). The molecular weight excluding hydrogens is 252 g/mol. The minimum absolute atomic E-state index is 0.618. The monoisotopic (exact) mass is 268 g/mol. The molecule has 1 saturated carbocycles. The van der Waals surface area contributed by atoms with Gasteiger partial charge in [0.1, 0.15) is 5.75 Å². The van der Waals surface area contributed by atoms with Crippen LogP contribution in [-0.4, -0.2) is 18.2 Å². The number of hydrogen-bond donors (Lipinski definition) is 1. The second kappa shape index (κ2) is 4.47. The van der Waals surface area contributed by atoms with Gasteiger partial charge in [0.15, 0.2) is 0 Å². The Morgan fingerprint density at radius 3 is 2.44 bits per heavy atom. The molecule has 98 valence electrons. The Bertz CT molecular complexity index is 504. The van der Waals surface area contributed by atoms with Gasteiger partial charge in [-0.05, 0) is 38.3 Å². The van der Waals surface area contributed by atoms with Crippen LogP contribution in [0.1, 0.15) is 36.0 Å². The molecule has 1 aliphatic carbocycles. The fraction of sp³-hybridized carbons (Fsp3) is 0.500. The number of carboxylic acid groups (broad SMARTS) is 1. The Kier molecular flexibility index (Phi) is 3.28. The predicted octanol–water partition coefficient (Wildman–Crippen LogP) is 3.47. The SMILES string of the molecule is COc1c(C)c(Cl)cc(C)c1C1(C(=O)O)CCC1. The summed E-state index contributed by atoms with van der Waals surface area (Å²) in [6.45, 7) is 3.75.